The van der Waals surface area contributed by atoms with Gasteiger partial charge in [0.05, 0.1) is 11.4 Å². The molecule has 34 heavy (non-hydrogen) atoms. The van der Waals surface area contributed by atoms with E-state index in [2.05, 4.69) is 21.7 Å². The van der Waals surface area contributed by atoms with Crippen LogP contribution in [0.25, 0.3) is 0 Å². The third-order valence-corrected chi connectivity index (χ3v) is 8.46. The van der Waals surface area contributed by atoms with Crippen LogP contribution in [0, 0.1) is 0 Å². The maximum atomic E-state index is 12.3. The largest absolute Gasteiger partial charge is 0.496 e. The molecule has 1 atom stereocenters. The molecule has 0 radical (unpaired) electrons. The van der Waals surface area contributed by atoms with Gasteiger partial charge in [0.1, 0.15) is 5.76 Å². The summed E-state index contributed by atoms with van der Waals surface area (Å²) in [5.41, 5.74) is 1.69. The summed E-state index contributed by atoms with van der Waals surface area (Å²) in [6, 6.07) is 0.746. The SMILES string of the molecule is C=C/C(C)=C/C1(C)SC(=O)C(C)=C1OCCCNC(=O)CCN1CCC(N2CCCCC2)CC1. The first-order valence-electron chi connectivity index (χ1n) is 12.9. The Morgan fingerprint density at radius 2 is 1.94 bits per heavy atom. The Morgan fingerprint density at radius 1 is 1.24 bits per heavy atom. The Balaban J connectivity index is 1.30. The van der Waals surface area contributed by atoms with E-state index in [4.69, 9.17) is 4.74 Å². The number of likely N-dealkylation sites (tertiary alicyclic amines) is 2. The van der Waals surface area contributed by atoms with Gasteiger partial charge in [-0.05, 0) is 79.1 Å². The Hall–Kier alpha value is -1.57. The number of carbonyl (C=O) groups is 2. The molecule has 3 aliphatic heterocycles. The van der Waals surface area contributed by atoms with Gasteiger partial charge in [-0.3, -0.25) is 9.59 Å². The topological polar surface area (TPSA) is 61.9 Å². The Kier molecular flexibility index (Phi) is 10.3. The second kappa shape index (κ2) is 12.9. The van der Waals surface area contributed by atoms with Crippen LogP contribution >= 0.6 is 11.8 Å². The van der Waals surface area contributed by atoms with Crippen LogP contribution in [0.4, 0.5) is 0 Å². The van der Waals surface area contributed by atoms with E-state index >= 15 is 0 Å². The van der Waals surface area contributed by atoms with Crippen molar-refractivity contribution in [2.45, 2.75) is 76.5 Å². The van der Waals surface area contributed by atoms with E-state index in [-0.39, 0.29) is 11.0 Å². The zero-order valence-electron chi connectivity index (χ0n) is 21.4. The van der Waals surface area contributed by atoms with Crippen LogP contribution in [0.5, 0.6) is 0 Å². The van der Waals surface area contributed by atoms with Crippen molar-refractivity contribution in [2.24, 2.45) is 0 Å². The monoisotopic (exact) mass is 489 g/mol. The van der Waals surface area contributed by atoms with E-state index in [9.17, 15) is 9.59 Å². The molecule has 6 nitrogen and oxygen atoms in total. The fourth-order valence-electron chi connectivity index (χ4n) is 5.23. The molecule has 0 bridgehead atoms. The summed E-state index contributed by atoms with van der Waals surface area (Å²) in [6.45, 7) is 16.3. The van der Waals surface area contributed by atoms with Crippen LogP contribution in [0.1, 0.15) is 65.7 Å². The second-order valence-corrected chi connectivity index (χ2v) is 11.4. The smallest absolute Gasteiger partial charge is 0.221 e. The zero-order valence-corrected chi connectivity index (χ0v) is 22.2. The average molecular weight is 490 g/mol. The van der Waals surface area contributed by atoms with E-state index in [1.165, 1.54) is 57.0 Å². The lowest BCUT2D eigenvalue weighted by Gasteiger charge is -2.40. The highest BCUT2D eigenvalue weighted by Gasteiger charge is 2.41. The van der Waals surface area contributed by atoms with Crippen molar-refractivity contribution >= 4 is 22.8 Å². The third-order valence-electron chi connectivity index (χ3n) is 7.24. The van der Waals surface area contributed by atoms with Gasteiger partial charge >= 0.3 is 0 Å². The number of ether oxygens (including phenoxy) is 1. The predicted molar refractivity (Wildman–Crippen MR) is 141 cm³/mol. The second-order valence-electron chi connectivity index (χ2n) is 10.0. The molecule has 3 heterocycles. The van der Waals surface area contributed by atoms with E-state index in [0.29, 0.717) is 31.6 Å². The van der Waals surface area contributed by atoms with Crippen LogP contribution in [0.15, 0.2) is 35.6 Å². The van der Waals surface area contributed by atoms with Gasteiger partial charge < -0.3 is 19.9 Å². The first kappa shape index (κ1) is 27.0. The maximum Gasteiger partial charge on any atom is 0.221 e. The van der Waals surface area contributed by atoms with Gasteiger partial charge in [-0.2, -0.15) is 0 Å². The van der Waals surface area contributed by atoms with Crippen LogP contribution in [-0.4, -0.2) is 77.5 Å². The van der Waals surface area contributed by atoms with E-state index in [1.54, 1.807) is 6.08 Å². The maximum absolute atomic E-state index is 12.3. The Bertz CT molecular complexity index is 795. The molecule has 190 valence electrons. The molecule has 1 N–H and O–H groups in total. The quantitative estimate of drug-likeness (QED) is 0.345. The summed E-state index contributed by atoms with van der Waals surface area (Å²) in [5.74, 6) is 0.831. The van der Waals surface area contributed by atoms with Gasteiger partial charge in [-0.25, -0.2) is 0 Å². The highest BCUT2D eigenvalue weighted by Crippen LogP contribution is 2.45. The lowest BCUT2D eigenvalue weighted by molar-refractivity contribution is -0.121. The number of nitrogens with one attached hydrogen (secondary N) is 1. The molecule has 3 aliphatic rings. The van der Waals surface area contributed by atoms with Crippen molar-refractivity contribution in [3.63, 3.8) is 0 Å². The highest BCUT2D eigenvalue weighted by molar-refractivity contribution is 8.16. The summed E-state index contributed by atoms with van der Waals surface area (Å²) in [6.07, 6.45) is 11.6. The Labute approximate surface area is 210 Å². The van der Waals surface area contributed by atoms with Gasteiger partial charge in [0.15, 0.2) is 0 Å². The summed E-state index contributed by atoms with van der Waals surface area (Å²) in [5, 5.41) is 3.08. The van der Waals surface area contributed by atoms with E-state index in [1.807, 2.05) is 26.8 Å². The fraction of sp³-hybridized carbons (Fsp3) is 0.704. The molecule has 0 spiro atoms. The molecule has 1 amide bonds. The number of thioether (sulfide) groups is 1. The molecule has 1 unspecified atom stereocenters. The predicted octanol–water partition coefficient (Wildman–Crippen LogP) is 4.29. The lowest BCUT2D eigenvalue weighted by Crippen LogP contribution is -2.47. The van der Waals surface area contributed by atoms with Crippen LogP contribution in [0.3, 0.4) is 0 Å². The number of nitrogens with zero attached hydrogens (tertiary/aromatic N) is 2. The van der Waals surface area contributed by atoms with Gasteiger partial charge in [0, 0.05) is 31.1 Å². The van der Waals surface area contributed by atoms with Crippen molar-refractivity contribution in [1.82, 2.24) is 15.1 Å². The molecule has 7 heteroatoms. The third kappa shape index (κ3) is 7.46. The molecule has 3 rings (SSSR count). The first-order chi connectivity index (χ1) is 16.3. The number of hydrogen-bond donors (Lipinski definition) is 1. The highest BCUT2D eigenvalue weighted by atomic mass is 32.2. The van der Waals surface area contributed by atoms with Crippen LogP contribution < -0.4 is 5.32 Å². The minimum atomic E-state index is -0.496. The minimum Gasteiger partial charge on any atom is -0.496 e. The average Bonchev–Trinajstić information content (AvgIpc) is 3.05. The number of rotatable bonds is 11. The van der Waals surface area contributed by atoms with E-state index < -0.39 is 4.75 Å². The Morgan fingerprint density at radius 3 is 2.62 bits per heavy atom. The van der Waals surface area contributed by atoms with Crippen LogP contribution in [-0.2, 0) is 14.3 Å². The standard InChI is InChI=1S/C27H43N3O3S/c1-5-21(2)20-27(4)25(22(3)26(32)34-27)33-19-9-13-28-24(31)12-18-29-16-10-23(11-17-29)30-14-7-6-8-15-30/h5,20,23H,1,6-19H2,2-4H3,(H,28,31)/b21-20+. The van der Waals surface area contributed by atoms with Gasteiger partial charge in [-0.15, -0.1) is 0 Å². The molecule has 2 saturated heterocycles. The molecular weight excluding hydrogens is 446 g/mol. The van der Waals surface area contributed by atoms with Crippen LogP contribution in [0.2, 0.25) is 0 Å². The number of amides is 1. The minimum absolute atomic E-state index is 0.0545. The molecule has 0 saturated carbocycles. The van der Waals surface area contributed by atoms with Gasteiger partial charge in [0.2, 0.25) is 11.0 Å². The molecule has 2 fully saturated rings. The zero-order chi connectivity index (χ0) is 24.6. The lowest BCUT2D eigenvalue weighted by atomic mass is 10.00. The molecule has 0 aromatic rings. The van der Waals surface area contributed by atoms with Crippen molar-refractivity contribution < 1.29 is 14.3 Å². The van der Waals surface area contributed by atoms with E-state index in [0.717, 1.165) is 37.0 Å². The van der Waals surface area contributed by atoms with Gasteiger partial charge in [-0.1, -0.05) is 42.5 Å². The number of carbonyl (C=O) groups excluding carboxylic acids is 2. The van der Waals surface area contributed by atoms with Crippen molar-refractivity contribution in [1.29, 1.82) is 0 Å². The number of allylic oxidation sites excluding steroid dienone is 2. The molecule has 0 aromatic heterocycles. The first-order valence-corrected chi connectivity index (χ1v) is 13.8. The summed E-state index contributed by atoms with van der Waals surface area (Å²) in [7, 11) is 0. The summed E-state index contributed by atoms with van der Waals surface area (Å²) < 4.78 is 5.54. The number of hydrogen-bond acceptors (Lipinski definition) is 6. The molecular formula is C27H43N3O3S. The molecule has 0 aliphatic carbocycles. The summed E-state index contributed by atoms with van der Waals surface area (Å²) >= 11 is 1.29. The fourth-order valence-corrected chi connectivity index (χ4v) is 6.41. The van der Waals surface area contributed by atoms with Crippen molar-refractivity contribution in [3.8, 4) is 0 Å². The number of piperidine rings is 2. The summed E-state index contributed by atoms with van der Waals surface area (Å²) in [4.78, 5) is 29.7. The van der Waals surface area contributed by atoms with Crippen molar-refractivity contribution in [3.05, 3.63) is 35.6 Å². The van der Waals surface area contributed by atoms with Crippen molar-refractivity contribution in [2.75, 3.05) is 45.9 Å². The molecule has 0 aromatic carbocycles. The normalized spacial score (nSPS) is 25.6. The van der Waals surface area contributed by atoms with Gasteiger partial charge in [0.25, 0.3) is 0 Å².